The molecule has 0 spiro atoms. The van der Waals surface area contributed by atoms with Gasteiger partial charge in [-0.25, -0.2) is 9.80 Å². The molecule has 0 radical (unpaired) electrons. The van der Waals surface area contributed by atoms with Crippen molar-refractivity contribution in [3.8, 4) is 11.5 Å². The Morgan fingerprint density at radius 3 is 1.27 bits per heavy atom. The van der Waals surface area contributed by atoms with Crippen LogP contribution in [0.25, 0.3) is 0 Å². The summed E-state index contributed by atoms with van der Waals surface area (Å²) in [4.78, 5) is 67.3. The largest absolute Gasteiger partial charge is 0.506 e. The number of nitrogens with zero attached hydrogens (tertiary/aromatic N) is 2. The van der Waals surface area contributed by atoms with Gasteiger partial charge in [0.1, 0.15) is 11.5 Å². The van der Waals surface area contributed by atoms with Crippen LogP contribution in [0, 0.1) is 0 Å². The van der Waals surface area contributed by atoms with E-state index in [2.05, 4.69) is 0 Å². The van der Waals surface area contributed by atoms with E-state index in [4.69, 9.17) is 11.5 Å². The number of ketones is 1. The molecule has 6 N–H and O–H groups in total. The maximum atomic E-state index is 13.4. The highest BCUT2D eigenvalue weighted by Gasteiger charge is 2.39. The third kappa shape index (κ3) is 3.49. The van der Waals surface area contributed by atoms with Crippen molar-refractivity contribution in [1.82, 2.24) is 0 Å². The van der Waals surface area contributed by atoms with E-state index in [0.29, 0.717) is 0 Å². The van der Waals surface area contributed by atoms with E-state index >= 15 is 0 Å². The summed E-state index contributed by atoms with van der Waals surface area (Å²) in [6.07, 6.45) is 0. The van der Waals surface area contributed by atoms with Crippen LogP contribution in [0.15, 0.2) is 72.8 Å². The number of hydrogen-bond acceptors (Lipinski definition) is 9. The number of nitrogens with two attached hydrogens (primary N) is 2. The Hall–Kier alpha value is -5.97. The summed E-state index contributed by atoms with van der Waals surface area (Å²) in [6.45, 7) is 0. The minimum Gasteiger partial charge on any atom is -0.506 e. The fourth-order valence-corrected chi connectivity index (χ4v) is 4.74. The number of benzene rings is 4. The molecule has 0 aliphatic carbocycles. The van der Waals surface area contributed by atoms with Crippen molar-refractivity contribution in [3.05, 3.63) is 106 Å². The van der Waals surface area contributed by atoms with Crippen LogP contribution in [0.1, 0.15) is 57.4 Å². The molecule has 40 heavy (non-hydrogen) atoms. The standard InChI is InChI=1S/C29H18N4O7/c30-21-7-3-15(11-23(21)34)32-26(37)17-5-1-13(9-19(17)28(32)39)25(36)14-2-6-18-20(10-14)29(40)33(27(18)38)16-4-8-22(31)24(35)12-16/h1-12,34-35H,30-31H2. The average Bonchev–Trinajstić information content (AvgIpc) is 3.34. The Morgan fingerprint density at radius 2 is 0.900 bits per heavy atom. The molecule has 11 nitrogen and oxygen atoms in total. The smallest absolute Gasteiger partial charge is 0.266 e. The van der Waals surface area contributed by atoms with Crippen molar-refractivity contribution >= 4 is 52.2 Å². The molecule has 0 unspecified atom stereocenters. The third-order valence-electron chi connectivity index (χ3n) is 6.84. The van der Waals surface area contributed by atoms with E-state index in [1.54, 1.807) is 0 Å². The molecule has 0 bridgehead atoms. The number of fused-ring (bicyclic) bond motifs is 2. The van der Waals surface area contributed by atoms with Crippen molar-refractivity contribution in [3.63, 3.8) is 0 Å². The van der Waals surface area contributed by atoms with Crippen LogP contribution >= 0.6 is 0 Å². The van der Waals surface area contributed by atoms with Gasteiger partial charge in [0.15, 0.2) is 5.78 Å². The number of carbonyl (C=O) groups excluding carboxylic acids is 5. The molecule has 4 aromatic carbocycles. The number of amides is 4. The van der Waals surface area contributed by atoms with Gasteiger partial charge in [0, 0.05) is 23.3 Å². The molecule has 2 aliphatic heterocycles. The minimum absolute atomic E-state index is 0.00564. The van der Waals surface area contributed by atoms with E-state index < -0.39 is 29.4 Å². The van der Waals surface area contributed by atoms with Crippen LogP contribution in [-0.4, -0.2) is 39.6 Å². The number of hydrogen-bond donors (Lipinski definition) is 4. The Labute approximate surface area is 225 Å². The van der Waals surface area contributed by atoms with E-state index in [0.717, 1.165) is 9.80 Å². The lowest BCUT2D eigenvalue weighted by Crippen LogP contribution is -2.29. The Morgan fingerprint density at radius 1 is 0.525 bits per heavy atom. The molecule has 2 aliphatic rings. The van der Waals surface area contributed by atoms with E-state index in [1.807, 2.05) is 0 Å². The summed E-state index contributed by atoms with van der Waals surface area (Å²) >= 11 is 0. The van der Waals surface area contributed by atoms with Gasteiger partial charge in [0.05, 0.1) is 45.0 Å². The quantitative estimate of drug-likeness (QED) is 0.132. The number of phenols is 2. The van der Waals surface area contributed by atoms with Crippen LogP contribution in [0.2, 0.25) is 0 Å². The Bertz CT molecular complexity index is 1730. The van der Waals surface area contributed by atoms with Gasteiger partial charge in [-0.15, -0.1) is 0 Å². The molecule has 0 aromatic heterocycles. The summed E-state index contributed by atoms with van der Waals surface area (Å²) in [5, 5.41) is 19.8. The predicted molar refractivity (Wildman–Crippen MR) is 144 cm³/mol. The lowest BCUT2D eigenvalue weighted by atomic mass is 9.96. The second kappa shape index (κ2) is 8.53. The lowest BCUT2D eigenvalue weighted by molar-refractivity contribution is 0.0910. The Kier molecular flexibility index (Phi) is 5.20. The molecule has 2 heterocycles. The third-order valence-corrected chi connectivity index (χ3v) is 6.84. The molecule has 0 atom stereocenters. The van der Waals surface area contributed by atoms with E-state index in [1.165, 1.54) is 72.8 Å². The highest BCUT2D eigenvalue weighted by Crippen LogP contribution is 2.35. The van der Waals surface area contributed by atoms with Gasteiger partial charge in [0.2, 0.25) is 0 Å². The zero-order chi connectivity index (χ0) is 28.5. The van der Waals surface area contributed by atoms with E-state index in [9.17, 15) is 34.2 Å². The van der Waals surface area contributed by atoms with Crippen LogP contribution in [0.5, 0.6) is 11.5 Å². The zero-order valence-electron chi connectivity index (χ0n) is 20.4. The summed E-state index contributed by atoms with van der Waals surface area (Å²) in [5.74, 6) is -3.75. The lowest BCUT2D eigenvalue weighted by Gasteiger charge is -2.14. The predicted octanol–water partition coefficient (Wildman–Crippen LogP) is 3.09. The van der Waals surface area contributed by atoms with E-state index in [-0.39, 0.29) is 67.6 Å². The molecule has 0 saturated carbocycles. The van der Waals surface area contributed by atoms with Crippen LogP contribution in [0.4, 0.5) is 22.7 Å². The summed E-state index contributed by atoms with van der Waals surface area (Å²) in [7, 11) is 0. The fraction of sp³-hybridized carbons (Fsp3) is 0. The van der Waals surface area contributed by atoms with Crippen molar-refractivity contribution in [1.29, 1.82) is 0 Å². The highest BCUT2D eigenvalue weighted by atomic mass is 16.3. The van der Waals surface area contributed by atoms with Gasteiger partial charge < -0.3 is 21.7 Å². The van der Waals surface area contributed by atoms with Crippen LogP contribution in [0.3, 0.4) is 0 Å². The molecule has 196 valence electrons. The maximum Gasteiger partial charge on any atom is 0.266 e. The first-order chi connectivity index (χ1) is 19.1. The van der Waals surface area contributed by atoms with Gasteiger partial charge in [-0.2, -0.15) is 0 Å². The number of anilines is 4. The minimum atomic E-state index is -0.684. The normalized spacial score (nSPS) is 14.1. The average molecular weight is 534 g/mol. The van der Waals surface area contributed by atoms with Gasteiger partial charge >= 0.3 is 0 Å². The SMILES string of the molecule is Nc1ccc(N2C(=O)c3ccc(C(=O)c4ccc5c(c4)C(=O)N(c4ccc(N)c(O)c4)C5=O)cc3C2=O)cc1O. The zero-order valence-corrected chi connectivity index (χ0v) is 20.4. The number of imide groups is 2. The van der Waals surface area contributed by atoms with Crippen molar-refractivity contribution in [2.24, 2.45) is 0 Å². The first-order valence-electron chi connectivity index (χ1n) is 11.8. The first kappa shape index (κ1) is 24.4. The summed E-state index contributed by atoms with van der Waals surface area (Å²) < 4.78 is 0. The molecular weight excluding hydrogens is 516 g/mol. The van der Waals surface area contributed by atoms with Crippen molar-refractivity contribution in [2.75, 3.05) is 21.3 Å². The molecular formula is C29H18N4O7. The van der Waals surface area contributed by atoms with Crippen LogP contribution in [-0.2, 0) is 0 Å². The second-order valence-corrected chi connectivity index (χ2v) is 9.23. The Balaban J connectivity index is 1.31. The fourth-order valence-electron chi connectivity index (χ4n) is 4.74. The van der Waals surface area contributed by atoms with Gasteiger partial charge in [-0.05, 0) is 48.5 Å². The topological polar surface area (TPSA) is 184 Å². The summed E-state index contributed by atoms with van der Waals surface area (Å²) in [5.41, 5.74) is 11.9. The van der Waals surface area contributed by atoms with Crippen molar-refractivity contribution < 1.29 is 34.2 Å². The molecule has 11 heteroatoms. The number of nitrogen functional groups attached to an aromatic ring is 2. The van der Waals surface area contributed by atoms with Crippen molar-refractivity contribution in [2.45, 2.75) is 0 Å². The van der Waals surface area contributed by atoms with Gasteiger partial charge in [-0.1, -0.05) is 12.1 Å². The number of rotatable bonds is 4. The maximum absolute atomic E-state index is 13.4. The summed E-state index contributed by atoms with van der Waals surface area (Å²) in [6, 6.07) is 16.0. The van der Waals surface area contributed by atoms with Crippen LogP contribution < -0.4 is 21.3 Å². The molecule has 4 aromatic rings. The molecule has 0 saturated heterocycles. The second-order valence-electron chi connectivity index (χ2n) is 9.23. The molecule has 4 amide bonds. The number of aromatic hydroxyl groups is 2. The van der Waals surface area contributed by atoms with Gasteiger partial charge in [0.25, 0.3) is 23.6 Å². The number of phenolic OH excluding ortho intramolecular Hbond substituents is 2. The number of carbonyl (C=O) groups is 5. The monoisotopic (exact) mass is 534 g/mol. The highest BCUT2D eigenvalue weighted by molar-refractivity contribution is 6.36. The van der Waals surface area contributed by atoms with Gasteiger partial charge in [-0.3, -0.25) is 24.0 Å². The molecule has 0 fully saturated rings. The first-order valence-corrected chi connectivity index (χ1v) is 11.8. The molecule has 6 rings (SSSR count).